The summed E-state index contributed by atoms with van der Waals surface area (Å²) in [4.78, 5) is 0. The highest BCUT2D eigenvalue weighted by atomic mass is 35.7. The van der Waals surface area contributed by atoms with Gasteiger partial charge in [-0.1, -0.05) is 11.6 Å². The molecule has 0 aliphatic rings. The van der Waals surface area contributed by atoms with Crippen LogP contribution in [0.1, 0.15) is 6.92 Å². The highest BCUT2D eigenvalue weighted by molar-refractivity contribution is 8.13. The van der Waals surface area contributed by atoms with Gasteiger partial charge in [-0.15, -0.1) is 10.2 Å². The van der Waals surface area contributed by atoms with Gasteiger partial charge in [0.05, 0.1) is 5.02 Å². The second-order valence-electron chi connectivity index (χ2n) is 3.62. The fraction of sp³-hybridized carbons (Fsp3) is 0.200. The molecule has 0 fully saturated rings. The summed E-state index contributed by atoms with van der Waals surface area (Å²) in [6.07, 6.45) is 0. The van der Waals surface area contributed by atoms with Crippen molar-refractivity contribution in [3.05, 3.63) is 29.0 Å². The van der Waals surface area contributed by atoms with Gasteiger partial charge in [0, 0.05) is 22.8 Å². The molecule has 0 atom stereocenters. The van der Waals surface area contributed by atoms with Crippen molar-refractivity contribution in [2.24, 2.45) is 0 Å². The van der Waals surface area contributed by atoms with Crippen molar-refractivity contribution in [1.29, 1.82) is 0 Å². The maximum absolute atomic E-state index is 13.4. The molecule has 0 aliphatic carbocycles. The fourth-order valence-electron chi connectivity index (χ4n) is 1.60. The van der Waals surface area contributed by atoms with Gasteiger partial charge < -0.3 is 0 Å². The maximum Gasteiger partial charge on any atom is 0.296 e. The van der Waals surface area contributed by atoms with E-state index in [-0.39, 0.29) is 22.5 Å². The Morgan fingerprint density at radius 2 is 2.05 bits per heavy atom. The predicted molar refractivity (Wildman–Crippen MR) is 69.1 cm³/mol. The Morgan fingerprint density at radius 1 is 1.37 bits per heavy atom. The SMILES string of the molecule is CCn1c(-c2ccc(Cl)c(F)c2)nnc1S(=O)(=O)Cl. The molecule has 19 heavy (non-hydrogen) atoms. The summed E-state index contributed by atoms with van der Waals surface area (Å²) in [5.41, 5.74) is 0.364. The summed E-state index contributed by atoms with van der Waals surface area (Å²) in [7, 11) is 1.24. The largest absolute Gasteiger partial charge is 0.297 e. The molecule has 5 nitrogen and oxygen atoms in total. The molecule has 0 saturated carbocycles. The quantitative estimate of drug-likeness (QED) is 0.814. The van der Waals surface area contributed by atoms with E-state index in [0.29, 0.717) is 5.56 Å². The molecule has 0 amide bonds. The average molecular weight is 324 g/mol. The lowest BCUT2D eigenvalue weighted by atomic mass is 10.2. The maximum atomic E-state index is 13.4. The van der Waals surface area contributed by atoms with Crippen LogP contribution in [0.3, 0.4) is 0 Å². The number of nitrogens with zero attached hydrogens (tertiary/aromatic N) is 3. The zero-order chi connectivity index (χ0) is 14.2. The van der Waals surface area contributed by atoms with Gasteiger partial charge in [-0.3, -0.25) is 4.57 Å². The van der Waals surface area contributed by atoms with Crippen molar-refractivity contribution in [1.82, 2.24) is 14.8 Å². The number of aromatic nitrogens is 3. The Hall–Kier alpha value is -1.18. The smallest absolute Gasteiger partial charge is 0.296 e. The van der Waals surface area contributed by atoms with Crippen molar-refractivity contribution < 1.29 is 12.8 Å². The number of halogens is 3. The third kappa shape index (κ3) is 2.72. The van der Waals surface area contributed by atoms with Gasteiger partial charge in [-0.25, -0.2) is 12.8 Å². The van der Waals surface area contributed by atoms with Gasteiger partial charge in [0.1, 0.15) is 5.82 Å². The Morgan fingerprint density at radius 3 is 2.58 bits per heavy atom. The topological polar surface area (TPSA) is 64.8 Å². The lowest BCUT2D eigenvalue weighted by Gasteiger charge is -2.06. The fourth-order valence-corrected chi connectivity index (χ4v) is 2.68. The predicted octanol–water partition coefficient (Wildman–Crippen LogP) is 2.69. The van der Waals surface area contributed by atoms with Crippen LogP contribution in [0.25, 0.3) is 11.4 Å². The molecule has 0 N–H and O–H groups in total. The molecular formula is C10H8Cl2FN3O2S. The third-order valence-corrected chi connectivity index (χ3v) is 3.89. The molecule has 9 heteroatoms. The van der Waals surface area contributed by atoms with Crippen LogP contribution in [0, 0.1) is 5.82 Å². The molecular weight excluding hydrogens is 316 g/mol. The van der Waals surface area contributed by atoms with Crippen molar-refractivity contribution in [3.8, 4) is 11.4 Å². The lowest BCUT2D eigenvalue weighted by molar-refractivity contribution is 0.582. The van der Waals surface area contributed by atoms with E-state index in [1.807, 2.05) is 0 Å². The second kappa shape index (κ2) is 5.07. The summed E-state index contributed by atoms with van der Waals surface area (Å²) in [6.45, 7) is 1.97. The van der Waals surface area contributed by atoms with Gasteiger partial charge in [0.2, 0.25) is 0 Å². The molecule has 2 rings (SSSR count). The number of rotatable bonds is 3. The van der Waals surface area contributed by atoms with Crippen LogP contribution in [-0.4, -0.2) is 23.2 Å². The average Bonchev–Trinajstić information content (AvgIpc) is 2.76. The molecule has 0 bridgehead atoms. The minimum absolute atomic E-state index is 0.0310. The monoisotopic (exact) mass is 323 g/mol. The van der Waals surface area contributed by atoms with Gasteiger partial charge in [-0.2, -0.15) is 0 Å². The molecule has 1 heterocycles. The Labute approximate surface area is 118 Å². The summed E-state index contributed by atoms with van der Waals surface area (Å²) >= 11 is 5.58. The number of hydrogen-bond donors (Lipinski definition) is 0. The highest BCUT2D eigenvalue weighted by Gasteiger charge is 2.22. The minimum Gasteiger partial charge on any atom is -0.297 e. The molecule has 1 aromatic heterocycles. The van der Waals surface area contributed by atoms with Crippen LogP contribution >= 0.6 is 22.3 Å². The molecule has 0 unspecified atom stereocenters. The van der Waals surface area contributed by atoms with Gasteiger partial charge in [-0.05, 0) is 25.1 Å². The van der Waals surface area contributed by atoms with E-state index in [2.05, 4.69) is 10.2 Å². The minimum atomic E-state index is -4.01. The summed E-state index contributed by atoms with van der Waals surface area (Å²) in [5.74, 6) is -0.419. The van der Waals surface area contributed by atoms with Crippen LogP contribution < -0.4 is 0 Å². The van der Waals surface area contributed by atoms with Crippen LogP contribution in [0.15, 0.2) is 23.4 Å². The summed E-state index contributed by atoms with van der Waals surface area (Å²) in [6, 6.07) is 4.03. The summed E-state index contributed by atoms with van der Waals surface area (Å²) < 4.78 is 37.3. The lowest BCUT2D eigenvalue weighted by Crippen LogP contribution is -2.06. The Kier molecular flexibility index (Phi) is 3.80. The first-order chi connectivity index (χ1) is 8.84. The summed E-state index contributed by atoms with van der Waals surface area (Å²) in [5, 5.41) is 6.85. The van der Waals surface area contributed by atoms with Crippen LogP contribution in [0.5, 0.6) is 0 Å². The van der Waals surface area contributed by atoms with Crippen LogP contribution in [-0.2, 0) is 15.6 Å². The molecule has 0 aliphatic heterocycles. The van der Waals surface area contributed by atoms with E-state index in [1.54, 1.807) is 6.92 Å². The zero-order valence-electron chi connectivity index (χ0n) is 9.64. The van der Waals surface area contributed by atoms with E-state index >= 15 is 0 Å². The normalized spacial score (nSPS) is 11.8. The molecule has 1 aromatic carbocycles. The van der Waals surface area contributed by atoms with E-state index in [1.165, 1.54) is 16.7 Å². The van der Waals surface area contributed by atoms with Crippen molar-refractivity contribution in [3.63, 3.8) is 0 Å². The Bertz CT molecular complexity index is 730. The van der Waals surface area contributed by atoms with Gasteiger partial charge in [0.25, 0.3) is 14.2 Å². The van der Waals surface area contributed by atoms with Gasteiger partial charge in [0.15, 0.2) is 5.82 Å². The first-order valence-electron chi connectivity index (χ1n) is 5.18. The van der Waals surface area contributed by atoms with E-state index in [9.17, 15) is 12.8 Å². The second-order valence-corrected chi connectivity index (χ2v) is 6.48. The van der Waals surface area contributed by atoms with E-state index in [0.717, 1.165) is 6.07 Å². The number of hydrogen-bond acceptors (Lipinski definition) is 4. The highest BCUT2D eigenvalue weighted by Crippen LogP contribution is 2.25. The van der Waals surface area contributed by atoms with E-state index < -0.39 is 14.9 Å². The van der Waals surface area contributed by atoms with Crippen LogP contribution in [0.2, 0.25) is 5.02 Å². The first-order valence-corrected chi connectivity index (χ1v) is 7.86. The van der Waals surface area contributed by atoms with Crippen LogP contribution in [0.4, 0.5) is 4.39 Å². The molecule has 2 aromatic rings. The van der Waals surface area contributed by atoms with Crippen molar-refractivity contribution in [2.75, 3.05) is 0 Å². The molecule has 102 valence electrons. The molecule has 0 radical (unpaired) electrons. The Balaban J connectivity index is 2.63. The zero-order valence-corrected chi connectivity index (χ0v) is 12.0. The standard InChI is InChI=1S/C10H8Cl2FN3O2S/c1-2-16-9(14-15-10(16)19(12,17)18)6-3-4-7(11)8(13)5-6/h3-5H,2H2,1H3. The van der Waals surface area contributed by atoms with Gasteiger partial charge >= 0.3 is 0 Å². The molecule has 0 saturated heterocycles. The van der Waals surface area contributed by atoms with Crippen molar-refractivity contribution >= 4 is 31.3 Å². The first kappa shape index (κ1) is 14.2. The number of benzene rings is 1. The van der Waals surface area contributed by atoms with Crippen molar-refractivity contribution in [2.45, 2.75) is 18.6 Å². The van der Waals surface area contributed by atoms with E-state index in [4.69, 9.17) is 22.3 Å². The molecule has 0 spiro atoms. The third-order valence-electron chi connectivity index (χ3n) is 2.43.